The highest BCUT2D eigenvalue weighted by atomic mass is 32.2. The Kier molecular flexibility index (Phi) is 3.63. The summed E-state index contributed by atoms with van der Waals surface area (Å²) in [6.07, 6.45) is 0. The van der Waals surface area contributed by atoms with E-state index in [2.05, 4.69) is 0 Å². The fraction of sp³-hybridized carbons (Fsp3) is 0. The molecular formula is C12H9FNO2S-. The van der Waals surface area contributed by atoms with Crippen LogP contribution in [-0.4, -0.2) is 5.21 Å². The van der Waals surface area contributed by atoms with Crippen molar-refractivity contribution in [1.82, 2.24) is 0 Å². The molecule has 17 heavy (non-hydrogen) atoms. The van der Waals surface area contributed by atoms with Crippen LogP contribution in [0.2, 0.25) is 0 Å². The Morgan fingerprint density at radius 2 is 1.82 bits per heavy atom. The van der Waals surface area contributed by atoms with E-state index in [9.17, 15) is 9.60 Å². The molecule has 0 bridgehead atoms. The van der Waals surface area contributed by atoms with Crippen LogP contribution in [0, 0.1) is 11.0 Å². The number of hydrogen-bond acceptors (Lipinski definition) is 4. The van der Waals surface area contributed by atoms with E-state index < -0.39 is 5.82 Å². The number of benzene rings is 2. The van der Waals surface area contributed by atoms with E-state index in [4.69, 9.17) is 5.21 Å². The van der Waals surface area contributed by atoms with Gasteiger partial charge in [-0.1, -0.05) is 30.0 Å². The highest BCUT2D eigenvalue weighted by molar-refractivity contribution is 7.99. The van der Waals surface area contributed by atoms with Gasteiger partial charge in [-0.2, -0.15) is 0 Å². The van der Waals surface area contributed by atoms with Gasteiger partial charge in [-0.05, 0) is 30.3 Å². The SMILES string of the molecule is [O-]N(O)c1cc(F)ccc1Sc1ccccc1. The Bertz CT molecular complexity index is 505. The number of halogens is 1. The Morgan fingerprint density at radius 1 is 1.12 bits per heavy atom. The van der Waals surface area contributed by atoms with Crippen molar-refractivity contribution in [2.75, 3.05) is 5.23 Å². The molecule has 2 aromatic carbocycles. The van der Waals surface area contributed by atoms with E-state index in [0.29, 0.717) is 4.90 Å². The molecule has 1 N–H and O–H groups in total. The summed E-state index contributed by atoms with van der Waals surface area (Å²) in [6, 6.07) is 13.0. The number of hydrogen-bond donors (Lipinski definition) is 1. The normalized spacial score (nSPS) is 10.3. The van der Waals surface area contributed by atoms with Crippen molar-refractivity contribution in [3.63, 3.8) is 0 Å². The van der Waals surface area contributed by atoms with Gasteiger partial charge in [-0.3, -0.25) is 5.21 Å². The van der Waals surface area contributed by atoms with Crippen molar-refractivity contribution in [3.8, 4) is 0 Å². The molecular weight excluding hydrogens is 241 g/mol. The second-order valence-electron chi connectivity index (χ2n) is 3.30. The van der Waals surface area contributed by atoms with Crippen LogP contribution in [-0.2, 0) is 0 Å². The average Bonchev–Trinajstić information content (AvgIpc) is 2.32. The van der Waals surface area contributed by atoms with E-state index in [1.165, 1.54) is 23.9 Å². The van der Waals surface area contributed by atoms with E-state index >= 15 is 0 Å². The summed E-state index contributed by atoms with van der Waals surface area (Å²) >= 11 is 1.28. The van der Waals surface area contributed by atoms with Gasteiger partial charge in [0.25, 0.3) is 0 Å². The topological polar surface area (TPSA) is 46.5 Å². The fourth-order valence-electron chi connectivity index (χ4n) is 1.34. The first-order chi connectivity index (χ1) is 8.16. The minimum Gasteiger partial charge on any atom is -0.733 e. The molecule has 0 amide bonds. The Labute approximate surface area is 102 Å². The first kappa shape index (κ1) is 11.9. The summed E-state index contributed by atoms with van der Waals surface area (Å²) in [4.78, 5) is 1.40. The third-order valence-corrected chi connectivity index (χ3v) is 3.17. The number of rotatable bonds is 3. The van der Waals surface area contributed by atoms with Crippen molar-refractivity contribution >= 4 is 17.4 Å². The lowest BCUT2D eigenvalue weighted by Gasteiger charge is -2.24. The van der Waals surface area contributed by atoms with Crippen LogP contribution in [0.3, 0.4) is 0 Å². The molecule has 0 aromatic heterocycles. The highest BCUT2D eigenvalue weighted by Crippen LogP contribution is 2.35. The zero-order valence-electron chi connectivity index (χ0n) is 8.71. The Balaban J connectivity index is 2.33. The summed E-state index contributed by atoms with van der Waals surface area (Å²) < 4.78 is 13.0. The lowest BCUT2D eigenvalue weighted by atomic mass is 10.3. The minimum absolute atomic E-state index is 0.0983. The van der Waals surface area contributed by atoms with Crippen LogP contribution in [0.25, 0.3) is 0 Å². The maximum absolute atomic E-state index is 13.0. The molecule has 0 saturated carbocycles. The molecule has 0 radical (unpaired) electrons. The molecule has 2 aromatic rings. The van der Waals surface area contributed by atoms with Gasteiger partial charge in [0.05, 0.1) is 5.69 Å². The smallest absolute Gasteiger partial charge is 0.125 e. The van der Waals surface area contributed by atoms with Crippen LogP contribution in [0.15, 0.2) is 58.3 Å². The fourth-order valence-corrected chi connectivity index (χ4v) is 2.27. The number of anilines is 1. The van der Waals surface area contributed by atoms with Crippen molar-refractivity contribution in [3.05, 3.63) is 59.6 Å². The summed E-state index contributed by atoms with van der Waals surface area (Å²) in [5.41, 5.74) is -0.0983. The minimum atomic E-state index is -0.563. The molecule has 3 nitrogen and oxygen atoms in total. The number of nitrogens with zero attached hydrogens (tertiary/aromatic N) is 1. The first-order valence-corrected chi connectivity index (χ1v) is 5.67. The lowest BCUT2D eigenvalue weighted by Crippen LogP contribution is -2.08. The molecule has 0 heterocycles. The summed E-state index contributed by atoms with van der Waals surface area (Å²) in [5, 5.41) is 19.5. The molecule has 0 atom stereocenters. The van der Waals surface area contributed by atoms with E-state index in [1.807, 2.05) is 30.3 Å². The predicted octanol–water partition coefficient (Wildman–Crippen LogP) is 3.67. The van der Waals surface area contributed by atoms with Crippen LogP contribution in [0.4, 0.5) is 10.1 Å². The molecule has 2 rings (SSSR count). The van der Waals surface area contributed by atoms with Crippen LogP contribution in [0.1, 0.15) is 0 Å². The van der Waals surface area contributed by atoms with Crippen LogP contribution < -0.4 is 5.23 Å². The quantitative estimate of drug-likeness (QED) is 0.844. The first-order valence-electron chi connectivity index (χ1n) is 4.85. The molecule has 0 fully saturated rings. The van der Waals surface area contributed by atoms with Gasteiger partial charge < -0.3 is 10.4 Å². The second-order valence-corrected chi connectivity index (χ2v) is 4.42. The van der Waals surface area contributed by atoms with Gasteiger partial charge in [0.1, 0.15) is 5.82 Å². The maximum Gasteiger partial charge on any atom is 0.125 e. The Hall–Kier alpha value is -1.56. The molecule has 0 saturated heterocycles. The van der Waals surface area contributed by atoms with Gasteiger partial charge in [0, 0.05) is 9.79 Å². The van der Waals surface area contributed by atoms with E-state index in [-0.39, 0.29) is 10.9 Å². The molecule has 5 heteroatoms. The van der Waals surface area contributed by atoms with Gasteiger partial charge in [-0.25, -0.2) is 4.39 Å². The van der Waals surface area contributed by atoms with E-state index in [0.717, 1.165) is 11.0 Å². The third-order valence-electron chi connectivity index (χ3n) is 2.10. The monoisotopic (exact) mass is 250 g/mol. The van der Waals surface area contributed by atoms with Crippen molar-refractivity contribution < 1.29 is 9.60 Å². The van der Waals surface area contributed by atoms with Crippen molar-refractivity contribution in [2.24, 2.45) is 0 Å². The Morgan fingerprint density at radius 3 is 2.47 bits per heavy atom. The summed E-state index contributed by atoms with van der Waals surface area (Å²) in [7, 11) is 0. The molecule has 0 spiro atoms. The second kappa shape index (κ2) is 5.18. The molecule has 0 aliphatic carbocycles. The summed E-state index contributed by atoms with van der Waals surface area (Å²) in [5.74, 6) is -0.563. The van der Waals surface area contributed by atoms with Gasteiger partial charge >= 0.3 is 0 Å². The largest absolute Gasteiger partial charge is 0.733 e. The molecule has 0 unspecified atom stereocenters. The van der Waals surface area contributed by atoms with Gasteiger partial charge in [-0.15, -0.1) is 0 Å². The predicted molar refractivity (Wildman–Crippen MR) is 64.6 cm³/mol. The third kappa shape index (κ3) is 2.97. The maximum atomic E-state index is 13.0. The van der Waals surface area contributed by atoms with Crippen molar-refractivity contribution in [2.45, 2.75) is 9.79 Å². The van der Waals surface area contributed by atoms with Gasteiger partial charge in [0.15, 0.2) is 0 Å². The van der Waals surface area contributed by atoms with E-state index in [1.54, 1.807) is 0 Å². The zero-order valence-corrected chi connectivity index (χ0v) is 9.52. The average molecular weight is 250 g/mol. The molecule has 0 aliphatic heterocycles. The van der Waals surface area contributed by atoms with Crippen LogP contribution >= 0.6 is 11.8 Å². The molecule has 0 aliphatic rings. The molecule has 88 valence electrons. The van der Waals surface area contributed by atoms with Gasteiger partial charge in [0.2, 0.25) is 0 Å². The summed E-state index contributed by atoms with van der Waals surface area (Å²) in [6.45, 7) is 0. The van der Waals surface area contributed by atoms with Crippen LogP contribution in [0.5, 0.6) is 0 Å². The standard InChI is InChI=1S/C12H9FNO2S/c13-9-6-7-12(11(8-9)14(15)16)17-10-4-2-1-3-5-10/h1-8,15H/q-1. The van der Waals surface area contributed by atoms with Crippen molar-refractivity contribution in [1.29, 1.82) is 0 Å². The highest BCUT2D eigenvalue weighted by Gasteiger charge is 2.06. The lowest BCUT2D eigenvalue weighted by molar-refractivity contribution is 0.294. The zero-order chi connectivity index (χ0) is 12.3.